The van der Waals surface area contributed by atoms with Gasteiger partial charge in [-0.2, -0.15) is 4.98 Å². The van der Waals surface area contributed by atoms with Crippen molar-refractivity contribution in [1.29, 1.82) is 0 Å². The van der Waals surface area contributed by atoms with Crippen molar-refractivity contribution in [2.75, 3.05) is 6.54 Å². The van der Waals surface area contributed by atoms with E-state index in [1.54, 1.807) is 6.92 Å². The number of rotatable bonds is 8. The number of urea groups is 1. The predicted octanol–water partition coefficient (Wildman–Crippen LogP) is 2.35. The summed E-state index contributed by atoms with van der Waals surface area (Å²) in [7, 11) is 0. The Hall–Kier alpha value is -1.63. The van der Waals surface area contributed by atoms with E-state index in [1.807, 2.05) is 20.8 Å². The molecule has 0 aromatic carbocycles. The van der Waals surface area contributed by atoms with E-state index in [9.17, 15) is 9.90 Å². The van der Waals surface area contributed by atoms with Crippen molar-refractivity contribution in [3.05, 3.63) is 11.7 Å². The molecule has 1 fully saturated rings. The van der Waals surface area contributed by atoms with Crippen LogP contribution in [0.1, 0.15) is 70.6 Å². The number of hydrogen-bond acceptors (Lipinski definition) is 5. The molecule has 3 atom stereocenters. The van der Waals surface area contributed by atoms with Gasteiger partial charge in [-0.15, -0.1) is 0 Å². The standard InChI is InChI=1S/C16H28N4O3/c1-9(2)13(15-19-14(20-23-15)12-5-6-12)18-16(22)17-8-10(3)7-11(4)21/h9-13,21H,5-8H2,1-4H3,(H2,17,18,22). The van der Waals surface area contributed by atoms with Crippen LogP contribution >= 0.6 is 0 Å². The molecule has 0 bridgehead atoms. The van der Waals surface area contributed by atoms with Gasteiger partial charge in [-0.05, 0) is 38.0 Å². The maximum absolute atomic E-state index is 12.1. The number of nitrogens with zero attached hydrogens (tertiary/aromatic N) is 2. The lowest BCUT2D eigenvalue weighted by Gasteiger charge is -2.20. The molecule has 1 aromatic heterocycles. The van der Waals surface area contributed by atoms with Gasteiger partial charge in [-0.1, -0.05) is 25.9 Å². The molecule has 3 unspecified atom stereocenters. The molecule has 1 aliphatic carbocycles. The van der Waals surface area contributed by atoms with E-state index in [-0.39, 0.29) is 30.0 Å². The molecule has 2 amide bonds. The highest BCUT2D eigenvalue weighted by molar-refractivity contribution is 5.74. The van der Waals surface area contributed by atoms with Gasteiger partial charge in [0.05, 0.1) is 6.10 Å². The smallest absolute Gasteiger partial charge is 0.315 e. The Bertz CT molecular complexity index is 511. The fourth-order valence-electron chi connectivity index (χ4n) is 2.52. The Morgan fingerprint density at radius 1 is 1.35 bits per heavy atom. The third kappa shape index (κ3) is 5.49. The normalized spacial score (nSPS) is 18.5. The number of hydrogen-bond donors (Lipinski definition) is 3. The summed E-state index contributed by atoms with van der Waals surface area (Å²) in [5, 5.41) is 19.1. The fraction of sp³-hybridized carbons (Fsp3) is 0.812. The van der Waals surface area contributed by atoms with E-state index < -0.39 is 0 Å². The van der Waals surface area contributed by atoms with Crippen LogP contribution < -0.4 is 10.6 Å². The zero-order valence-electron chi connectivity index (χ0n) is 14.4. The maximum atomic E-state index is 12.1. The van der Waals surface area contributed by atoms with Crippen LogP contribution in [0, 0.1) is 11.8 Å². The minimum absolute atomic E-state index is 0.142. The van der Waals surface area contributed by atoms with Gasteiger partial charge in [0, 0.05) is 12.5 Å². The highest BCUT2D eigenvalue weighted by atomic mass is 16.5. The van der Waals surface area contributed by atoms with Crippen LogP contribution in [0.15, 0.2) is 4.52 Å². The van der Waals surface area contributed by atoms with Gasteiger partial charge in [0.15, 0.2) is 5.82 Å². The zero-order valence-corrected chi connectivity index (χ0v) is 14.4. The third-order valence-corrected chi connectivity index (χ3v) is 3.97. The first-order chi connectivity index (χ1) is 10.9. The topological polar surface area (TPSA) is 100 Å². The largest absolute Gasteiger partial charge is 0.393 e. The van der Waals surface area contributed by atoms with Crippen molar-refractivity contribution in [2.24, 2.45) is 11.8 Å². The van der Waals surface area contributed by atoms with Crippen LogP contribution in [0.2, 0.25) is 0 Å². The summed E-state index contributed by atoms with van der Waals surface area (Å²) in [5.41, 5.74) is 0. The van der Waals surface area contributed by atoms with Crippen LogP contribution in [0.5, 0.6) is 0 Å². The van der Waals surface area contributed by atoms with Crippen molar-refractivity contribution in [3.8, 4) is 0 Å². The van der Waals surface area contributed by atoms with E-state index in [4.69, 9.17) is 4.52 Å². The van der Waals surface area contributed by atoms with Crippen LogP contribution in [0.25, 0.3) is 0 Å². The van der Waals surface area contributed by atoms with E-state index in [0.29, 0.717) is 24.8 Å². The molecule has 0 radical (unpaired) electrons. The average Bonchev–Trinajstić information content (AvgIpc) is 3.20. The summed E-state index contributed by atoms with van der Waals surface area (Å²) >= 11 is 0. The van der Waals surface area contributed by atoms with Gasteiger partial charge in [-0.25, -0.2) is 4.79 Å². The minimum Gasteiger partial charge on any atom is -0.393 e. The molecular formula is C16H28N4O3. The van der Waals surface area contributed by atoms with E-state index in [2.05, 4.69) is 20.8 Å². The molecule has 2 rings (SSSR count). The number of aromatic nitrogens is 2. The second kappa shape index (κ2) is 7.77. The number of amides is 2. The third-order valence-electron chi connectivity index (χ3n) is 3.97. The summed E-state index contributed by atoms with van der Waals surface area (Å²) in [5.74, 6) is 1.99. The van der Waals surface area contributed by atoms with E-state index in [1.165, 1.54) is 0 Å². The molecule has 3 N–H and O–H groups in total. The molecule has 7 heteroatoms. The summed E-state index contributed by atoms with van der Waals surface area (Å²) < 4.78 is 5.33. The van der Waals surface area contributed by atoms with Gasteiger partial charge < -0.3 is 20.3 Å². The fourth-order valence-corrected chi connectivity index (χ4v) is 2.52. The van der Waals surface area contributed by atoms with Crippen molar-refractivity contribution >= 4 is 6.03 Å². The van der Waals surface area contributed by atoms with Gasteiger partial charge in [-0.3, -0.25) is 0 Å². The van der Waals surface area contributed by atoms with Gasteiger partial charge in [0.25, 0.3) is 0 Å². The van der Waals surface area contributed by atoms with Crippen molar-refractivity contribution in [1.82, 2.24) is 20.8 Å². The molecule has 7 nitrogen and oxygen atoms in total. The molecule has 130 valence electrons. The van der Waals surface area contributed by atoms with Gasteiger partial charge >= 0.3 is 6.03 Å². The summed E-state index contributed by atoms with van der Waals surface area (Å²) in [6, 6.07) is -0.561. The van der Waals surface area contributed by atoms with Crippen LogP contribution in [-0.2, 0) is 0 Å². The Morgan fingerprint density at radius 2 is 2.04 bits per heavy atom. The molecule has 1 saturated carbocycles. The maximum Gasteiger partial charge on any atom is 0.315 e. The lowest BCUT2D eigenvalue weighted by Crippen LogP contribution is -2.41. The zero-order chi connectivity index (χ0) is 17.0. The lowest BCUT2D eigenvalue weighted by molar-refractivity contribution is 0.162. The number of carbonyl (C=O) groups is 1. The quantitative estimate of drug-likeness (QED) is 0.681. The molecular weight excluding hydrogens is 296 g/mol. The molecule has 1 aliphatic rings. The second-order valence-corrected chi connectivity index (χ2v) is 7.03. The summed E-state index contributed by atoms with van der Waals surface area (Å²) in [6.07, 6.45) is 2.51. The first-order valence-corrected chi connectivity index (χ1v) is 8.42. The highest BCUT2D eigenvalue weighted by Gasteiger charge is 2.31. The molecule has 0 aliphatic heterocycles. The van der Waals surface area contributed by atoms with Crippen LogP contribution in [0.3, 0.4) is 0 Å². The predicted molar refractivity (Wildman–Crippen MR) is 85.8 cm³/mol. The Balaban J connectivity index is 1.86. The number of carbonyl (C=O) groups excluding carboxylic acids is 1. The lowest BCUT2D eigenvalue weighted by atomic mass is 10.0. The SMILES string of the molecule is CC(O)CC(C)CNC(=O)NC(c1nc(C2CC2)no1)C(C)C. The van der Waals surface area contributed by atoms with Crippen molar-refractivity contribution < 1.29 is 14.4 Å². The van der Waals surface area contributed by atoms with Crippen LogP contribution in [-0.4, -0.2) is 33.9 Å². The second-order valence-electron chi connectivity index (χ2n) is 7.03. The van der Waals surface area contributed by atoms with E-state index >= 15 is 0 Å². The number of nitrogens with one attached hydrogen (secondary N) is 2. The van der Waals surface area contributed by atoms with Crippen molar-refractivity contribution in [3.63, 3.8) is 0 Å². The number of aliphatic hydroxyl groups excluding tert-OH is 1. The van der Waals surface area contributed by atoms with Crippen LogP contribution in [0.4, 0.5) is 4.79 Å². The first kappa shape index (κ1) is 17.7. The molecule has 23 heavy (non-hydrogen) atoms. The van der Waals surface area contributed by atoms with Gasteiger partial charge in [0.1, 0.15) is 6.04 Å². The van der Waals surface area contributed by atoms with Crippen molar-refractivity contribution in [2.45, 2.75) is 65.0 Å². The molecule has 0 spiro atoms. The Kier molecular flexibility index (Phi) is 5.98. The molecule has 0 saturated heterocycles. The highest BCUT2D eigenvalue weighted by Crippen LogP contribution is 2.38. The van der Waals surface area contributed by atoms with E-state index in [0.717, 1.165) is 18.7 Å². The summed E-state index contributed by atoms with van der Waals surface area (Å²) in [4.78, 5) is 16.5. The average molecular weight is 324 g/mol. The number of aliphatic hydroxyl groups is 1. The van der Waals surface area contributed by atoms with Gasteiger partial charge in [0.2, 0.25) is 5.89 Å². The first-order valence-electron chi connectivity index (χ1n) is 8.42. The summed E-state index contributed by atoms with van der Waals surface area (Å²) in [6.45, 7) is 8.26. The Labute approximate surface area is 137 Å². The minimum atomic E-state index is -0.363. The molecule has 1 aromatic rings. The molecule has 1 heterocycles. The monoisotopic (exact) mass is 324 g/mol. The Morgan fingerprint density at radius 3 is 2.61 bits per heavy atom.